The smallest absolute Gasteiger partial charge is 0.224 e. The van der Waals surface area contributed by atoms with Gasteiger partial charge in [0.15, 0.2) is 0 Å². The normalized spacial score (nSPS) is 11.7. The number of allylic oxidation sites excluding steroid dienone is 3. The van der Waals surface area contributed by atoms with Gasteiger partial charge in [0.05, 0.1) is 0 Å². The maximum atomic E-state index is 10.3. The summed E-state index contributed by atoms with van der Waals surface area (Å²) in [7, 11) is -1.01. The summed E-state index contributed by atoms with van der Waals surface area (Å²) in [6.07, 6.45) is 3.18. The molecule has 0 fully saturated rings. The van der Waals surface area contributed by atoms with E-state index in [0.29, 0.717) is 5.70 Å². The molecule has 0 bridgehead atoms. The van der Waals surface area contributed by atoms with Crippen LogP contribution in [0.25, 0.3) is 0 Å². The van der Waals surface area contributed by atoms with Crippen molar-refractivity contribution in [2.24, 2.45) is 0 Å². The number of nitrogens with zero attached hydrogens (tertiary/aromatic N) is 1. The molecule has 0 radical (unpaired) electrons. The summed E-state index contributed by atoms with van der Waals surface area (Å²) in [4.78, 5) is 0. The molecule has 0 rings (SSSR count). The van der Waals surface area contributed by atoms with Gasteiger partial charge in [-0.1, -0.05) is 12.7 Å². The fourth-order valence-corrected chi connectivity index (χ4v) is 0.731. The molecule has 0 spiro atoms. The van der Waals surface area contributed by atoms with Gasteiger partial charge in [-0.3, -0.25) is 4.31 Å². The molecule has 0 aliphatic rings. The van der Waals surface area contributed by atoms with E-state index in [4.69, 9.17) is 0 Å². The van der Waals surface area contributed by atoms with Crippen molar-refractivity contribution in [3.05, 3.63) is 24.4 Å². The van der Waals surface area contributed by atoms with Gasteiger partial charge in [-0.05, 0) is 13.0 Å². The Kier molecular flexibility index (Phi) is 3.79. The highest BCUT2D eigenvalue weighted by Gasteiger charge is 1.96. The van der Waals surface area contributed by atoms with Crippen LogP contribution in [0.5, 0.6) is 0 Å². The molecule has 58 valence electrons. The fourth-order valence-electron chi connectivity index (χ4n) is 0.407. The Hall–Kier alpha value is -0.770. The van der Waals surface area contributed by atoms with Crippen molar-refractivity contribution in [2.75, 3.05) is 7.05 Å². The average Bonchev–Trinajstić information content (AvgIpc) is 1.87. The van der Waals surface area contributed by atoms with Gasteiger partial charge in [-0.2, -0.15) is 0 Å². The molecule has 4 heteroatoms. The summed E-state index contributed by atoms with van der Waals surface area (Å²) in [6.45, 7) is 5.14. The third kappa shape index (κ3) is 2.68. The second-order valence-electron chi connectivity index (χ2n) is 1.81. The molecule has 0 aromatic heterocycles. The van der Waals surface area contributed by atoms with E-state index < -0.39 is 10.9 Å². The zero-order chi connectivity index (χ0) is 8.15. The molecule has 0 aromatic carbocycles. The van der Waals surface area contributed by atoms with Crippen molar-refractivity contribution in [3.8, 4) is 0 Å². The number of thiol groups is 1. The third-order valence-electron chi connectivity index (χ3n) is 1.11. The van der Waals surface area contributed by atoms with Crippen molar-refractivity contribution in [3.63, 3.8) is 0 Å². The summed E-state index contributed by atoms with van der Waals surface area (Å²) in [5, 5.41) is 0. The first-order valence-corrected chi connectivity index (χ1v) is 3.90. The average molecular weight is 161 g/mol. The molecule has 0 N–H and O–H groups in total. The predicted octanol–water partition coefficient (Wildman–Crippen LogP) is 0.534. The fraction of sp³-hybridized carbons (Fsp3) is 0.333. The number of hydrogen-bond donors (Lipinski definition) is 1. The van der Waals surface area contributed by atoms with Crippen LogP contribution in [0.1, 0.15) is 6.92 Å². The van der Waals surface area contributed by atoms with Gasteiger partial charge in [0.2, 0.25) is 10.9 Å². The molecule has 10 heavy (non-hydrogen) atoms. The monoisotopic (exact) mass is 161 g/mol. The molecule has 3 nitrogen and oxygen atoms in total. The minimum absolute atomic E-state index is 0.658. The minimum atomic E-state index is -2.50. The highest BCUT2D eigenvalue weighted by Crippen LogP contribution is 1.98. The van der Waals surface area contributed by atoms with E-state index in [-0.39, 0.29) is 0 Å². The number of rotatable bonds is 3. The Balaban J connectivity index is 4.34. The summed E-state index contributed by atoms with van der Waals surface area (Å²) >= 11 is 0. The zero-order valence-electron chi connectivity index (χ0n) is 6.07. The maximum absolute atomic E-state index is 10.3. The lowest BCUT2D eigenvalue weighted by atomic mass is 10.4. The molecule has 0 aliphatic heterocycles. The molecule has 0 aliphatic carbocycles. The standard InChI is InChI=1S/C6H11NO2S/c1-4-5-6(2)7(3)10(8)9/h4-5,10H,1H2,2-3H3/b6-5+. The van der Waals surface area contributed by atoms with Crippen LogP contribution < -0.4 is 0 Å². The van der Waals surface area contributed by atoms with E-state index in [1.165, 1.54) is 7.05 Å². The number of hydrogen-bond acceptors (Lipinski definition) is 2. The van der Waals surface area contributed by atoms with Gasteiger partial charge < -0.3 is 0 Å². The van der Waals surface area contributed by atoms with Crippen LogP contribution >= 0.6 is 0 Å². The maximum Gasteiger partial charge on any atom is 0.224 e. The molecule has 0 unspecified atom stereocenters. The lowest BCUT2D eigenvalue weighted by Gasteiger charge is -2.09. The van der Waals surface area contributed by atoms with Crippen molar-refractivity contribution in [1.82, 2.24) is 4.31 Å². The van der Waals surface area contributed by atoms with E-state index in [0.717, 1.165) is 4.31 Å². The molecule has 0 heterocycles. The van der Waals surface area contributed by atoms with Gasteiger partial charge in [0, 0.05) is 12.7 Å². The van der Waals surface area contributed by atoms with Crippen molar-refractivity contribution in [1.29, 1.82) is 0 Å². The highest BCUT2D eigenvalue weighted by molar-refractivity contribution is 7.70. The Morgan fingerprint density at radius 3 is 2.40 bits per heavy atom. The zero-order valence-corrected chi connectivity index (χ0v) is 6.97. The van der Waals surface area contributed by atoms with Gasteiger partial charge in [0.25, 0.3) is 0 Å². The molecule has 0 saturated heterocycles. The first-order valence-electron chi connectivity index (χ1n) is 2.77. The van der Waals surface area contributed by atoms with Crippen LogP contribution in [-0.4, -0.2) is 19.8 Å². The summed E-state index contributed by atoms with van der Waals surface area (Å²) in [5.41, 5.74) is 0.658. The first kappa shape index (κ1) is 9.23. The minimum Gasteiger partial charge on any atom is -0.280 e. The lowest BCUT2D eigenvalue weighted by molar-refractivity contribution is 0.547. The first-order chi connectivity index (χ1) is 4.59. The summed E-state index contributed by atoms with van der Waals surface area (Å²) < 4.78 is 21.8. The lowest BCUT2D eigenvalue weighted by Crippen LogP contribution is -2.12. The molecule has 0 saturated carbocycles. The van der Waals surface area contributed by atoms with E-state index >= 15 is 0 Å². The van der Waals surface area contributed by atoms with Gasteiger partial charge >= 0.3 is 0 Å². The Labute approximate surface area is 62.7 Å². The van der Waals surface area contributed by atoms with Crippen molar-refractivity contribution >= 4 is 10.9 Å². The van der Waals surface area contributed by atoms with Crippen molar-refractivity contribution in [2.45, 2.75) is 6.92 Å². The largest absolute Gasteiger partial charge is 0.280 e. The van der Waals surface area contributed by atoms with E-state index in [1.54, 1.807) is 19.1 Å². The van der Waals surface area contributed by atoms with E-state index in [1.807, 2.05) is 0 Å². The van der Waals surface area contributed by atoms with Gasteiger partial charge in [0.1, 0.15) is 0 Å². The van der Waals surface area contributed by atoms with E-state index in [2.05, 4.69) is 6.58 Å². The molecule has 0 amide bonds. The molecule has 0 aromatic rings. The van der Waals surface area contributed by atoms with Crippen LogP contribution in [0.4, 0.5) is 0 Å². The van der Waals surface area contributed by atoms with Crippen LogP contribution in [-0.2, 0) is 10.9 Å². The van der Waals surface area contributed by atoms with Gasteiger partial charge in [-0.25, -0.2) is 8.42 Å². The Morgan fingerprint density at radius 2 is 2.10 bits per heavy atom. The van der Waals surface area contributed by atoms with Crippen LogP contribution in [0, 0.1) is 0 Å². The molecular weight excluding hydrogens is 150 g/mol. The summed E-state index contributed by atoms with van der Waals surface area (Å²) in [5.74, 6) is 0. The third-order valence-corrected chi connectivity index (χ3v) is 1.92. The molecular formula is C6H11NO2S. The highest BCUT2D eigenvalue weighted by atomic mass is 32.2. The Morgan fingerprint density at radius 1 is 1.60 bits per heavy atom. The van der Waals surface area contributed by atoms with Crippen LogP contribution in [0.15, 0.2) is 24.4 Å². The van der Waals surface area contributed by atoms with Crippen molar-refractivity contribution < 1.29 is 8.42 Å². The van der Waals surface area contributed by atoms with Crippen LogP contribution in [0.3, 0.4) is 0 Å². The quantitative estimate of drug-likeness (QED) is 0.484. The SMILES string of the molecule is C=C/C=C(\C)N(C)[SH](=O)=O. The molecule has 0 atom stereocenters. The van der Waals surface area contributed by atoms with Crippen LogP contribution in [0.2, 0.25) is 0 Å². The topological polar surface area (TPSA) is 37.4 Å². The second kappa shape index (κ2) is 4.11. The predicted molar refractivity (Wildman–Crippen MR) is 42.0 cm³/mol. The van der Waals surface area contributed by atoms with Gasteiger partial charge in [-0.15, -0.1) is 0 Å². The summed E-state index contributed by atoms with van der Waals surface area (Å²) in [6, 6.07) is 0. The Bertz CT molecular complexity index is 210. The van der Waals surface area contributed by atoms with E-state index in [9.17, 15) is 8.42 Å². The second-order valence-corrected chi connectivity index (χ2v) is 2.88.